The molecule has 1 aromatic carbocycles. The van der Waals surface area contributed by atoms with E-state index in [1.54, 1.807) is 0 Å². The Morgan fingerprint density at radius 3 is 2.53 bits per heavy atom. The van der Waals surface area contributed by atoms with Crippen molar-refractivity contribution in [2.45, 2.75) is 32.3 Å². The number of anilines is 1. The average Bonchev–Trinajstić information content (AvgIpc) is 2.37. The van der Waals surface area contributed by atoms with Crippen molar-refractivity contribution in [2.75, 3.05) is 25.5 Å². The second-order valence-electron chi connectivity index (χ2n) is 5.57. The Morgan fingerprint density at radius 1 is 1.37 bits per heavy atom. The smallest absolute Gasteiger partial charge is 0.254 e. The van der Waals surface area contributed by atoms with Gasteiger partial charge in [-0.2, -0.15) is 0 Å². The maximum atomic E-state index is 12.5. The Kier molecular flexibility index (Phi) is 3.80. The highest BCUT2D eigenvalue weighted by Crippen LogP contribution is 2.24. The maximum Gasteiger partial charge on any atom is 0.254 e. The van der Waals surface area contributed by atoms with Crippen molar-refractivity contribution in [3.8, 4) is 0 Å². The van der Waals surface area contributed by atoms with Gasteiger partial charge in [0.15, 0.2) is 0 Å². The minimum atomic E-state index is -0.623. The Balaban J connectivity index is 2.12. The van der Waals surface area contributed by atoms with Crippen molar-refractivity contribution in [1.29, 1.82) is 0 Å². The third-order valence-electron chi connectivity index (χ3n) is 3.87. The van der Waals surface area contributed by atoms with Crippen LogP contribution in [0.1, 0.15) is 35.7 Å². The third kappa shape index (κ3) is 3.07. The molecule has 1 aliphatic rings. The second-order valence-corrected chi connectivity index (χ2v) is 5.57. The van der Waals surface area contributed by atoms with Gasteiger partial charge in [0.1, 0.15) is 0 Å². The highest BCUT2D eigenvalue weighted by Gasteiger charge is 2.30. The van der Waals surface area contributed by atoms with Crippen molar-refractivity contribution in [2.24, 2.45) is 0 Å². The van der Waals surface area contributed by atoms with E-state index in [-0.39, 0.29) is 5.91 Å². The Labute approximate surface area is 114 Å². The van der Waals surface area contributed by atoms with Gasteiger partial charge in [-0.1, -0.05) is 0 Å². The van der Waals surface area contributed by atoms with E-state index in [9.17, 15) is 9.90 Å². The number of aliphatic hydroxyl groups is 1. The Bertz CT molecular complexity index is 473. The fraction of sp³-hybridized carbons (Fsp3) is 0.533. The van der Waals surface area contributed by atoms with Crippen molar-refractivity contribution in [3.05, 3.63) is 29.3 Å². The normalized spacial score (nSPS) is 18.2. The van der Waals surface area contributed by atoms with Crippen LogP contribution >= 0.6 is 0 Å². The van der Waals surface area contributed by atoms with Gasteiger partial charge in [0.05, 0.1) is 5.60 Å². The van der Waals surface area contributed by atoms with Crippen molar-refractivity contribution >= 4 is 11.6 Å². The number of nitrogens with one attached hydrogen (secondary N) is 1. The first-order valence-corrected chi connectivity index (χ1v) is 6.73. The summed E-state index contributed by atoms with van der Waals surface area (Å²) in [5.41, 5.74) is 2.12. The van der Waals surface area contributed by atoms with Crippen LogP contribution in [0, 0.1) is 6.92 Å². The molecule has 1 aromatic rings. The Morgan fingerprint density at radius 2 is 2.00 bits per heavy atom. The van der Waals surface area contributed by atoms with E-state index in [0.717, 1.165) is 16.8 Å². The third-order valence-corrected chi connectivity index (χ3v) is 3.87. The summed E-state index contributed by atoms with van der Waals surface area (Å²) in [5.74, 6) is 0.0654. The summed E-state index contributed by atoms with van der Waals surface area (Å²) in [5, 5.41) is 13.0. The Hall–Kier alpha value is -1.55. The fourth-order valence-electron chi connectivity index (χ4n) is 2.42. The van der Waals surface area contributed by atoms with Crippen LogP contribution in [-0.4, -0.2) is 41.7 Å². The molecule has 2 rings (SSSR count). The number of hydrogen-bond donors (Lipinski definition) is 2. The lowest BCUT2D eigenvalue weighted by Gasteiger charge is -2.36. The molecular weight excluding hydrogens is 240 g/mol. The van der Waals surface area contributed by atoms with Crippen molar-refractivity contribution in [1.82, 2.24) is 4.90 Å². The maximum absolute atomic E-state index is 12.5. The van der Waals surface area contributed by atoms with Gasteiger partial charge in [0, 0.05) is 31.4 Å². The number of nitrogens with zero attached hydrogens (tertiary/aromatic N) is 1. The topological polar surface area (TPSA) is 52.6 Å². The van der Waals surface area contributed by atoms with Gasteiger partial charge >= 0.3 is 0 Å². The molecular formula is C15H22N2O2. The summed E-state index contributed by atoms with van der Waals surface area (Å²) in [4.78, 5) is 14.3. The zero-order valence-electron chi connectivity index (χ0n) is 11.9. The molecule has 104 valence electrons. The molecule has 2 N–H and O–H groups in total. The molecule has 4 nitrogen and oxygen atoms in total. The standard InChI is InChI=1S/C15H22N2O2/c1-11-10-12(16-3)4-5-13(11)14(18)17-8-6-15(2,19)7-9-17/h4-5,10,16,19H,6-9H2,1-3H3. The van der Waals surface area contributed by atoms with Crippen LogP contribution in [-0.2, 0) is 0 Å². The molecule has 0 atom stereocenters. The molecule has 1 fully saturated rings. The predicted molar refractivity (Wildman–Crippen MR) is 76.5 cm³/mol. The van der Waals surface area contributed by atoms with E-state index in [2.05, 4.69) is 5.32 Å². The summed E-state index contributed by atoms with van der Waals surface area (Å²) in [6.45, 7) is 5.04. The van der Waals surface area contributed by atoms with E-state index >= 15 is 0 Å². The first kappa shape index (κ1) is 13.9. The van der Waals surface area contributed by atoms with Crippen LogP contribution < -0.4 is 5.32 Å². The largest absolute Gasteiger partial charge is 0.390 e. The zero-order chi connectivity index (χ0) is 14.0. The molecule has 1 saturated heterocycles. The van der Waals surface area contributed by atoms with Gasteiger partial charge in [0.25, 0.3) is 5.91 Å². The van der Waals surface area contributed by atoms with Crippen LogP contribution in [0.25, 0.3) is 0 Å². The van der Waals surface area contributed by atoms with E-state index in [0.29, 0.717) is 25.9 Å². The summed E-state index contributed by atoms with van der Waals surface area (Å²) in [7, 11) is 1.86. The van der Waals surface area contributed by atoms with E-state index in [1.807, 2.05) is 44.0 Å². The van der Waals surface area contributed by atoms with Crippen LogP contribution in [0.4, 0.5) is 5.69 Å². The molecule has 1 heterocycles. The van der Waals surface area contributed by atoms with Crippen LogP contribution in [0.15, 0.2) is 18.2 Å². The first-order valence-electron chi connectivity index (χ1n) is 6.73. The molecule has 0 unspecified atom stereocenters. The molecule has 4 heteroatoms. The van der Waals surface area contributed by atoms with Gasteiger partial charge in [-0.3, -0.25) is 4.79 Å². The highest BCUT2D eigenvalue weighted by molar-refractivity contribution is 5.96. The number of likely N-dealkylation sites (tertiary alicyclic amines) is 1. The molecule has 1 amide bonds. The van der Waals surface area contributed by atoms with E-state index < -0.39 is 5.60 Å². The van der Waals surface area contributed by atoms with Crippen molar-refractivity contribution in [3.63, 3.8) is 0 Å². The average molecular weight is 262 g/mol. The molecule has 1 aliphatic heterocycles. The number of aryl methyl sites for hydroxylation is 1. The quantitative estimate of drug-likeness (QED) is 0.857. The molecule has 0 saturated carbocycles. The molecule has 0 aliphatic carbocycles. The molecule has 0 bridgehead atoms. The number of amides is 1. The van der Waals surface area contributed by atoms with Crippen LogP contribution in [0.2, 0.25) is 0 Å². The molecule has 19 heavy (non-hydrogen) atoms. The lowest BCUT2D eigenvalue weighted by molar-refractivity contribution is -0.00203. The van der Waals surface area contributed by atoms with E-state index in [1.165, 1.54) is 0 Å². The SMILES string of the molecule is CNc1ccc(C(=O)N2CCC(C)(O)CC2)c(C)c1. The zero-order valence-corrected chi connectivity index (χ0v) is 11.9. The fourth-order valence-corrected chi connectivity index (χ4v) is 2.42. The number of rotatable bonds is 2. The van der Waals surface area contributed by atoms with Crippen LogP contribution in [0.5, 0.6) is 0 Å². The number of carbonyl (C=O) groups is 1. The van der Waals surface area contributed by atoms with Gasteiger partial charge in [-0.15, -0.1) is 0 Å². The van der Waals surface area contributed by atoms with Gasteiger partial charge in [-0.25, -0.2) is 0 Å². The highest BCUT2D eigenvalue weighted by atomic mass is 16.3. The van der Waals surface area contributed by atoms with Gasteiger partial charge in [-0.05, 0) is 50.5 Å². The minimum Gasteiger partial charge on any atom is -0.390 e. The lowest BCUT2D eigenvalue weighted by atomic mass is 9.93. The molecule has 0 aromatic heterocycles. The molecule has 0 spiro atoms. The monoisotopic (exact) mass is 262 g/mol. The number of carbonyl (C=O) groups excluding carboxylic acids is 1. The minimum absolute atomic E-state index is 0.0654. The predicted octanol–water partition coefficient (Wildman–Crippen LogP) is 2.02. The van der Waals surface area contributed by atoms with E-state index in [4.69, 9.17) is 0 Å². The number of benzene rings is 1. The number of piperidine rings is 1. The van der Waals surface area contributed by atoms with Crippen LogP contribution in [0.3, 0.4) is 0 Å². The lowest BCUT2D eigenvalue weighted by Crippen LogP contribution is -2.45. The molecule has 0 radical (unpaired) electrons. The second kappa shape index (κ2) is 5.21. The van der Waals surface area contributed by atoms with Crippen molar-refractivity contribution < 1.29 is 9.90 Å². The summed E-state index contributed by atoms with van der Waals surface area (Å²) >= 11 is 0. The van der Waals surface area contributed by atoms with Gasteiger partial charge < -0.3 is 15.3 Å². The summed E-state index contributed by atoms with van der Waals surface area (Å²) in [6, 6.07) is 5.77. The first-order chi connectivity index (χ1) is 8.93. The summed E-state index contributed by atoms with van der Waals surface area (Å²) < 4.78 is 0. The van der Waals surface area contributed by atoms with Gasteiger partial charge in [0.2, 0.25) is 0 Å². The number of hydrogen-bond acceptors (Lipinski definition) is 3. The summed E-state index contributed by atoms with van der Waals surface area (Å²) in [6.07, 6.45) is 1.29.